The standard InChI is InChI=1S/C25H22N2O3/c1-17-7-9-18(10-8-17)25(29)27(21-11-13-22(30-2)14-12-21)16-20-15-19-5-3-4-6-23(19)26-24(20)28/h3-15H,16H2,1-2H3,(H,26,28). The largest absolute Gasteiger partial charge is 0.497 e. The first-order valence-electron chi connectivity index (χ1n) is 9.69. The van der Waals surface area contributed by atoms with Crippen LogP contribution in [0.1, 0.15) is 21.5 Å². The number of nitrogens with one attached hydrogen (secondary N) is 1. The highest BCUT2D eigenvalue weighted by Gasteiger charge is 2.20. The van der Waals surface area contributed by atoms with Crippen LogP contribution in [-0.2, 0) is 6.54 Å². The molecule has 0 radical (unpaired) electrons. The Kier molecular flexibility index (Phi) is 5.35. The Labute approximate surface area is 174 Å². The molecule has 0 unspecified atom stereocenters. The average Bonchev–Trinajstić information content (AvgIpc) is 2.78. The Hall–Kier alpha value is -3.86. The summed E-state index contributed by atoms with van der Waals surface area (Å²) in [7, 11) is 1.60. The van der Waals surface area contributed by atoms with E-state index >= 15 is 0 Å². The molecule has 1 N–H and O–H groups in total. The van der Waals surface area contributed by atoms with E-state index in [1.54, 1.807) is 36.3 Å². The van der Waals surface area contributed by atoms with Crippen LogP contribution in [0, 0.1) is 6.92 Å². The van der Waals surface area contributed by atoms with E-state index < -0.39 is 0 Å². The summed E-state index contributed by atoms with van der Waals surface area (Å²) in [5.41, 5.74) is 3.41. The molecule has 0 aliphatic heterocycles. The number of hydrogen-bond donors (Lipinski definition) is 1. The molecule has 0 bridgehead atoms. The first-order valence-corrected chi connectivity index (χ1v) is 9.69. The number of benzene rings is 3. The highest BCUT2D eigenvalue weighted by Crippen LogP contribution is 2.23. The van der Waals surface area contributed by atoms with Crippen molar-refractivity contribution in [3.63, 3.8) is 0 Å². The number of rotatable bonds is 5. The van der Waals surface area contributed by atoms with Crippen LogP contribution in [0.15, 0.2) is 83.7 Å². The van der Waals surface area contributed by atoms with Crippen molar-refractivity contribution in [1.29, 1.82) is 0 Å². The third-order valence-corrected chi connectivity index (χ3v) is 5.09. The number of hydrogen-bond acceptors (Lipinski definition) is 3. The molecular weight excluding hydrogens is 376 g/mol. The number of H-pyrrole nitrogens is 1. The molecule has 150 valence electrons. The molecule has 0 atom stereocenters. The van der Waals surface area contributed by atoms with Gasteiger partial charge in [-0.15, -0.1) is 0 Å². The number of anilines is 1. The molecular formula is C25H22N2O3. The lowest BCUT2D eigenvalue weighted by atomic mass is 10.1. The molecule has 1 amide bonds. The van der Waals surface area contributed by atoms with Crippen LogP contribution >= 0.6 is 0 Å². The summed E-state index contributed by atoms with van der Waals surface area (Å²) in [6, 6.07) is 24.1. The van der Waals surface area contributed by atoms with E-state index in [1.807, 2.05) is 61.5 Å². The number of fused-ring (bicyclic) bond motifs is 1. The third kappa shape index (κ3) is 3.96. The SMILES string of the molecule is COc1ccc(N(Cc2cc3ccccc3[nH]c2=O)C(=O)c2ccc(C)cc2)cc1. The molecule has 0 aliphatic carbocycles. The molecule has 1 heterocycles. The number of amides is 1. The minimum Gasteiger partial charge on any atom is -0.497 e. The maximum atomic E-state index is 13.4. The van der Waals surface area contributed by atoms with Gasteiger partial charge in [0, 0.05) is 22.3 Å². The van der Waals surface area contributed by atoms with Crippen LogP contribution in [0.2, 0.25) is 0 Å². The number of aryl methyl sites for hydroxylation is 1. The smallest absolute Gasteiger partial charge is 0.258 e. The molecule has 0 saturated carbocycles. The van der Waals surface area contributed by atoms with Crippen LogP contribution < -0.4 is 15.2 Å². The topological polar surface area (TPSA) is 62.4 Å². The molecule has 4 rings (SSSR count). The lowest BCUT2D eigenvalue weighted by Crippen LogP contribution is -2.32. The van der Waals surface area contributed by atoms with Gasteiger partial charge in [-0.1, -0.05) is 35.9 Å². The Bertz CT molecular complexity index is 1240. The van der Waals surface area contributed by atoms with E-state index in [9.17, 15) is 9.59 Å². The number of nitrogens with zero attached hydrogens (tertiary/aromatic N) is 1. The van der Waals surface area contributed by atoms with Gasteiger partial charge in [-0.25, -0.2) is 0 Å². The number of ether oxygens (including phenoxy) is 1. The lowest BCUT2D eigenvalue weighted by Gasteiger charge is -2.23. The van der Waals surface area contributed by atoms with Crippen molar-refractivity contribution < 1.29 is 9.53 Å². The molecule has 0 fully saturated rings. The maximum Gasteiger partial charge on any atom is 0.258 e. The second-order valence-electron chi connectivity index (χ2n) is 7.17. The highest BCUT2D eigenvalue weighted by molar-refractivity contribution is 6.06. The summed E-state index contributed by atoms with van der Waals surface area (Å²) < 4.78 is 5.23. The Balaban J connectivity index is 1.76. The minimum atomic E-state index is -0.205. The van der Waals surface area contributed by atoms with E-state index in [1.165, 1.54) is 0 Å². The van der Waals surface area contributed by atoms with Gasteiger partial charge in [-0.05, 0) is 60.8 Å². The molecule has 0 spiro atoms. The van der Waals surface area contributed by atoms with E-state index in [4.69, 9.17) is 4.74 Å². The molecule has 30 heavy (non-hydrogen) atoms. The lowest BCUT2D eigenvalue weighted by molar-refractivity contribution is 0.0985. The van der Waals surface area contributed by atoms with Crippen LogP contribution in [0.3, 0.4) is 0 Å². The number of para-hydroxylation sites is 1. The number of methoxy groups -OCH3 is 1. The predicted octanol–water partition coefficient (Wildman–Crippen LogP) is 4.69. The van der Waals surface area contributed by atoms with Gasteiger partial charge in [0.1, 0.15) is 5.75 Å². The van der Waals surface area contributed by atoms with E-state index in [-0.39, 0.29) is 18.0 Å². The first kappa shape index (κ1) is 19.5. The Morgan fingerprint density at radius 3 is 2.37 bits per heavy atom. The quantitative estimate of drug-likeness (QED) is 0.530. The van der Waals surface area contributed by atoms with Crippen molar-refractivity contribution in [2.24, 2.45) is 0 Å². The first-order chi connectivity index (χ1) is 14.5. The summed E-state index contributed by atoms with van der Waals surface area (Å²) >= 11 is 0. The summed E-state index contributed by atoms with van der Waals surface area (Å²) in [4.78, 5) is 30.6. The molecule has 0 aliphatic rings. The fourth-order valence-electron chi connectivity index (χ4n) is 3.37. The number of pyridine rings is 1. The van der Waals surface area contributed by atoms with Gasteiger partial charge in [0.05, 0.1) is 13.7 Å². The van der Waals surface area contributed by atoms with Gasteiger partial charge in [-0.2, -0.15) is 0 Å². The monoisotopic (exact) mass is 398 g/mol. The van der Waals surface area contributed by atoms with Gasteiger partial charge in [0.2, 0.25) is 0 Å². The number of carbonyl (C=O) groups is 1. The summed E-state index contributed by atoms with van der Waals surface area (Å²) in [6.45, 7) is 2.13. The second kappa shape index (κ2) is 8.25. The second-order valence-corrected chi connectivity index (χ2v) is 7.17. The number of carbonyl (C=O) groups excluding carboxylic acids is 1. The van der Waals surface area contributed by atoms with Crippen LogP contribution in [0.5, 0.6) is 5.75 Å². The van der Waals surface area contributed by atoms with Crippen molar-refractivity contribution in [3.8, 4) is 5.75 Å². The van der Waals surface area contributed by atoms with Gasteiger partial charge < -0.3 is 14.6 Å². The van der Waals surface area contributed by atoms with E-state index in [0.717, 1.165) is 16.5 Å². The van der Waals surface area contributed by atoms with Crippen molar-refractivity contribution in [1.82, 2.24) is 4.98 Å². The van der Waals surface area contributed by atoms with Crippen LogP contribution in [-0.4, -0.2) is 18.0 Å². The maximum absolute atomic E-state index is 13.4. The van der Waals surface area contributed by atoms with E-state index in [0.29, 0.717) is 22.6 Å². The number of aromatic nitrogens is 1. The fourth-order valence-corrected chi connectivity index (χ4v) is 3.37. The summed E-state index contributed by atoms with van der Waals surface area (Å²) in [6.07, 6.45) is 0. The van der Waals surface area contributed by atoms with Gasteiger partial charge in [-0.3, -0.25) is 9.59 Å². The molecule has 4 aromatic rings. The van der Waals surface area contributed by atoms with Crippen molar-refractivity contribution in [2.45, 2.75) is 13.5 Å². The minimum absolute atomic E-state index is 0.152. The molecule has 5 nitrogen and oxygen atoms in total. The zero-order chi connectivity index (χ0) is 21.1. The van der Waals surface area contributed by atoms with Crippen molar-refractivity contribution >= 4 is 22.5 Å². The van der Waals surface area contributed by atoms with E-state index in [2.05, 4.69) is 4.98 Å². The Morgan fingerprint density at radius 1 is 0.967 bits per heavy atom. The molecule has 3 aromatic carbocycles. The number of aromatic amines is 1. The summed E-state index contributed by atoms with van der Waals surface area (Å²) in [5.74, 6) is 0.526. The normalized spacial score (nSPS) is 10.7. The highest BCUT2D eigenvalue weighted by atomic mass is 16.5. The third-order valence-electron chi connectivity index (χ3n) is 5.09. The zero-order valence-corrected chi connectivity index (χ0v) is 16.9. The molecule has 0 saturated heterocycles. The van der Waals surface area contributed by atoms with Crippen molar-refractivity contribution in [2.75, 3.05) is 12.0 Å². The van der Waals surface area contributed by atoms with Gasteiger partial charge >= 0.3 is 0 Å². The van der Waals surface area contributed by atoms with Gasteiger partial charge in [0.15, 0.2) is 0 Å². The van der Waals surface area contributed by atoms with Crippen LogP contribution in [0.25, 0.3) is 10.9 Å². The average molecular weight is 398 g/mol. The molecule has 1 aromatic heterocycles. The van der Waals surface area contributed by atoms with Gasteiger partial charge in [0.25, 0.3) is 11.5 Å². The predicted molar refractivity (Wildman–Crippen MR) is 119 cm³/mol. The van der Waals surface area contributed by atoms with Crippen LogP contribution in [0.4, 0.5) is 5.69 Å². The van der Waals surface area contributed by atoms with Crippen molar-refractivity contribution in [3.05, 3.63) is 106 Å². The fraction of sp³-hybridized carbons (Fsp3) is 0.120. The zero-order valence-electron chi connectivity index (χ0n) is 16.9. The molecule has 5 heteroatoms. The Morgan fingerprint density at radius 2 is 1.67 bits per heavy atom. The summed E-state index contributed by atoms with van der Waals surface area (Å²) in [5, 5.41) is 0.921.